The molecule has 2 unspecified atom stereocenters. The third-order valence-corrected chi connectivity index (χ3v) is 4.89. The molecule has 0 aliphatic carbocycles. The lowest BCUT2D eigenvalue weighted by molar-refractivity contribution is -0.142. The Bertz CT molecular complexity index is 657. The van der Waals surface area contributed by atoms with Crippen LogP contribution in [0.15, 0.2) is 24.3 Å². The summed E-state index contributed by atoms with van der Waals surface area (Å²) in [5.41, 5.74) is 0.471. The summed E-state index contributed by atoms with van der Waals surface area (Å²) in [6.45, 7) is 0. The first-order chi connectivity index (χ1) is 11.1. The summed E-state index contributed by atoms with van der Waals surface area (Å²) in [6, 6.07) is 5.48. The van der Waals surface area contributed by atoms with Gasteiger partial charge >= 0.3 is 17.9 Å². The van der Waals surface area contributed by atoms with Crippen molar-refractivity contribution in [3.63, 3.8) is 0 Å². The molecule has 1 aromatic carbocycles. The third-order valence-electron chi connectivity index (χ3n) is 3.22. The van der Waals surface area contributed by atoms with Gasteiger partial charge in [0.1, 0.15) is 0 Å². The zero-order chi connectivity index (χ0) is 18.3. The lowest BCUT2D eigenvalue weighted by Crippen LogP contribution is -2.21. The summed E-state index contributed by atoms with van der Waals surface area (Å²) in [5.74, 6) is -4.83. The topological polar surface area (TPSA) is 161 Å². The molecular weight excluding hydrogens is 341 g/mol. The molecule has 2 atom stereocenters. The number of hydrogen-bond donors (Lipinski definition) is 5. The number of anilines is 1. The molecule has 132 valence electrons. The van der Waals surface area contributed by atoms with Crippen molar-refractivity contribution in [2.45, 2.75) is 12.8 Å². The highest BCUT2D eigenvalue weighted by atomic mass is 31.2. The molecule has 0 spiro atoms. The fourth-order valence-corrected chi connectivity index (χ4v) is 3.53. The molecule has 0 saturated carbocycles. The molecule has 5 N–H and O–H groups in total. The first kappa shape index (κ1) is 19.7. The van der Waals surface area contributed by atoms with E-state index >= 15 is 0 Å². The van der Waals surface area contributed by atoms with E-state index in [1.54, 1.807) is 0 Å². The fraction of sp³-hybridized carbons (Fsp3) is 0.357. The highest BCUT2D eigenvalue weighted by Crippen LogP contribution is 2.43. The average Bonchev–Trinajstić information content (AvgIpc) is 2.49. The van der Waals surface area contributed by atoms with Gasteiger partial charge in [0, 0.05) is 18.3 Å². The molecule has 0 aliphatic rings. The molecule has 0 saturated heterocycles. The first-order valence-corrected chi connectivity index (χ1v) is 8.96. The van der Waals surface area contributed by atoms with Crippen LogP contribution in [0, 0.1) is 5.92 Å². The molecule has 1 aromatic rings. The van der Waals surface area contributed by atoms with Gasteiger partial charge in [-0.25, -0.2) is 4.79 Å². The van der Waals surface area contributed by atoms with E-state index in [4.69, 9.17) is 15.3 Å². The minimum atomic E-state index is -3.86. The van der Waals surface area contributed by atoms with Gasteiger partial charge in [-0.1, -0.05) is 0 Å². The summed E-state index contributed by atoms with van der Waals surface area (Å²) < 4.78 is 12.1. The molecule has 0 amide bonds. The van der Waals surface area contributed by atoms with Gasteiger partial charge in [0.25, 0.3) is 0 Å². The Hall–Kier alpha value is -2.38. The van der Waals surface area contributed by atoms with Crippen molar-refractivity contribution < 1.29 is 39.2 Å². The van der Waals surface area contributed by atoms with E-state index < -0.39 is 50.1 Å². The van der Waals surface area contributed by atoms with Gasteiger partial charge < -0.3 is 25.5 Å². The summed E-state index contributed by atoms with van der Waals surface area (Å²) >= 11 is 0. The van der Waals surface area contributed by atoms with Crippen molar-refractivity contribution in [3.8, 4) is 0 Å². The Balaban J connectivity index is 2.63. The highest BCUT2D eigenvalue weighted by molar-refractivity contribution is 7.58. The van der Waals surface area contributed by atoms with Crippen molar-refractivity contribution in [1.82, 2.24) is 0 Å². The maximum absolute atomic E-state index is 12.1. The Morgan fingerprint density at radius 1 is 1.08 bits per heavy atom. The zero-order valence-electron chi connectivity index (χ0n) is 12.6. The fourth-order valence-electron chi connectivity index (χ4n) is 1.94. The van der Waals surface area contributed by atoms with Crippen LogP contribution < -0.4 is 5.32 Å². The predicted octanol–water partition coefficient (Wildman–Crippen LogP) is 1.59. The van der Waals surface area contributed by atoms with E-state index in [-0.39, 0.29) is 12.0 Å². The molecule has 9 nitrogen and oxygen atoms in total. The van der Waals surface area contributed by atoms with Crippen molar-refractivity contribution in [1.29, 1.82) is 0 Å². The van der Waals surface area contributed by atoms with Gasteiger partial charge in [0.2, 0.25) is 7.37 Å². The number of carbonyl (C=O) groups is 3. The Morgan fingerprint density at radius 2 is 1.67 bits per heavy atom. The SMILES string of the molecule is O=C(O)CCC(CP(=O)(O)CNc1ccc(C(=O)O)cc1)C(=O)O. The molecule has 0 fully saturated rings. The second-order valence-corrected chi connectivity index (χ2v) is 7.59. The lowest BCUT2D eigenvalue weighted by atomic mass is 10.1. The maximum atomic E-state index is 12.1. The number of aromatic carboxylic acids is 1. The number of carboxylic acids is 3. The quantitative estimate of drug-likeness (QED) is 0.391. The molecule has 0 aliphatic heterocycles. The van der Waals surface area contributed by atoms with E-state index in [0.29, 0.717) is 5.69 Å². The van der Waals surface area contributed by atoms with Crippen LogP contribution in [0.2, 0.25) is 0 Å². The van der Waals surface area contributed by atoms with Gasteiger partial charge in [-0.3, -0.25) is 14.2 Å². The van der Waals surface area contributed by atoms with Crippen LogP contribution in [0.1, 0.15) is 23.2 Å². The summed E-state index contributed by atoms with van der Waals surface area (Å²) in [7, 11) is -3.86. The number of nitrogens with one attached hydrogen (secondary N) is 1. The Morgan fingerprint density at radius 3 is 2.12 bits per heavy atom. The van der Waals surface area contributed by atoms with Crippen molar-refractivity contribution in [2.75, 3.05) is 17.8 Å². The Kier molecular flexibility index (Phi) is 6.94. The molecule has 1 rings (SSSR count). The van der Waals surface area contributed by atoms with E-state index in [1.807, 2.05) is 0 Å². The molecule has 0 bridgehead atoms. The monoisotopic (exact) mass is 359 g/mol. The van der Waals surface area contributed by atoms with Crippen LogP contribution in [0.5, 0.6) is 0 Å². The van der Waals surface area contributed by atoms with Gasteiger partial charge in [0.15, 0.2) is 0 Å². The lowest BCUT2D eigenvalue weighted by Gasteiger charge is -2.17. The molecular formula is C14H18NO8P. The van der Waals surface area contributed by atoms with Crippen LogP contribution in [0.3, 0.4) is 0 Å². The van der Waals surface area contributed by atoms with E-state index in [2.05, 4.69) is 5.32 Å². The van der Waals surface area contributed by atoms with Crippen LogP contribution in [0.4, 0.5) is 5.69 Å². The molecule has 24 heavy (non-hydrogen) atoms. The minimum absolute atomic E-state index is 0.0624. The van der Waals surface area contributed by atoms with Crippen LogP contribution in [-0.4, -0.2) is 50.6 Å². The van der Waals surface area contributed by atoms with Crippen molar-refractivity contribution in [3.05, 3.63) is 29.8 Å². The van der Waals surface area contributed by atoms with E-state index in [0.717, 1.165) is 0 Å². The minimum Gasteiger partial charge on any atom is -0.481 e. The molecule has 0 aromatic heterocycles. The van der Waals surface area contributed by atoms with Crippen molar-refractivity contribution in [2.24, 2.45) is 5.92 Å². The van der Waals surface area contributed by atoms with Gasteiger partial charge in [0.05, 0.1) is 17.8 Å². The van der Waals surface area contributed by atoms with Gasteiger partial charge in [-0.05, 0) is 30.7 Å². The number of hydrogen-bond acceptors (Lipinski definition) is 5. The second-order valence-electron chi connectivity index (χ2n) is 5.21. The summed E-state index contributed by atoms with van der Waals surface area (Å²) in [5, 5.41) is 29.0. The van der Waals surface area contributed by atoms with Crippen LogP contribution in [0.25, 0.3) is 0 Å². The molecule has 0 radical (unpaired) electrons. The third kappa shape index (κ3) is 6.80. The highest BCUT2D eigenvalue weighted by Gasteiger charge is 2.29. The number of benzene rings is 1. The van der Waals surface area contributed by atoms with E-state index in [1.165, 1.54) is 24.3 Å². The molecule has 0 heterocycles. The normalized spacial score (nSPS) is 14.4. The standard InChI is InChI=1S/C14H18NO8P/c16-12(17)6-3-10(14(20)21)7-24(22,23)8-15-11-4-1-9(2-5-11)13(18)19/h1-2,4-5,10,15H,3,6-8H2,(H,16,17)(H,18,19)(H,20,21)(H,22,23). The molecule has 10 heteroatoms. The number of carboxylic acid groups (broad SMARTS) is 3. The van der Waals surface area contributed by atoms with Crippen LogP contribution >= 0.6 is 7.37 Å². The zero-order valence-corrected chi connectivity index (χ0v) is 13.5. The largest absolute Gasteiger partial charge is 0.481 e. The van der Waals surface area contributed by atoms with Crippen molar-refractivity contribution >= 4 is 31.0 Å². The predicted molar refractivity (Wildman–Crippen MR) is 84.6 cm³/mol. The number of aliphatic carboxylic acids is 2. The van der Waals surface area contributed by atoms with E-state index in [9.17, 15) is 23.8 Å². The Labute approximate surface area is 137 Å². The van der Waals surface area contributed by atoms with Gasteiger partial charge in [-0.15, -0.1) is 0 Å². The summed E-state index contributed by atoms with van der Waals surface area (Å²) in [6.07, 6.45) is -1.59. The number of rotatable bonds is 10. The van der Waals surface area contributed by atoms with Gasteiger partial charge in [-0.2, -0.15) is 0 Å². The van der Waals surface area contributed by atoms with Crippen LogP contribution in [-0.2, 0) is 14.2 Å². The smallest absolute Gasteiger partial charge is 0.335 e. The average molecular weight is 359 g/mol. The maximum Gasteiger partial charge on any atom is 0.335 e. The first-order valence-electron chi connectivity index (χ1n) is 6.93. The summed E-state index contributed by atoms with van der Waals surface area (Å²) in [4.78, 5) is 42.2. The second kappa shape index (κ2) is 8.47.